The molecular weight excluding hydrogens is 107 g/mol. The van der Waals surface area contributed by atoms with Gasteiger partial charge < -0.3 is 4.74 Å². The second-order valence-corrected chi connectivity index (χ2v) is 2.81. The van der Waals surface area contributed by atoms with Gasteiger partial charge in [-0.1, -0.05) is 6.92 Å². The van der Waals surface area contributed by atoms with Gasteiger partial charge in [0, 0.05) is 5.60 Å². The smallest absolute Gasteiger partial charge is 0.548 e. The van der Waals surface area contributed by atoms with Gasteiger partial charge >= 0.3 is 18.9 Å². The van der Waals surface area contributed by atoms with Gasteiger partial charge in [0.2, 0.25) is 0 Å². The molecule has 0 aliphatic rings. The standard InChI is InChI=1S/C7H15O.Li/c1-5-6-8-7(2,3)4;/h6H,5H2,1-4H3;/q-1;+1. The van der Waals surface area contributed by atoms with Crippen LogP contribution in [-0.2, 0) is 4.74 Å². The van der Waals surface area contributed by atoms with Crippen LogP contribution in [0.2, 0.25) is 0 Å². The molecule has 9 heavy (non-hydrogen) atoms. The van der Waals surface area contributed by atoms with Crippen LogP contribution >= 0.6 is 0 Å². The van der Waals surface area contributed by atoms with Crippen molar-refractivity contribution in [2.24, 2.45) is 0 Å². The Morgan fingerprint density at radius 3 is 1.89 bits per heavy atom. The van der Waals surface area contributed by atoms with Crippen LogP contribution in [0.4, 0.5) is 0 Å². The van der Waals surface area contributed by atoms with Crippen LogP contribution in [-0.4, -0.2) is 5.60 Å². The first kappa shape index (κ1) is 12.3. The molecule has 0 radical (unpaired) electrons. The molecule has 50 valence electrons. The first-order chi connectivity index (χ1) is 3.56. The van der Waals surface area contributed by atoms with E-state index in [2.05, 4.69) is 6.92 Å². The van der Waals surface area contributed by atoms with Gasteiger partial charge in [0.15, 0.2) is 0 Å². The molecule has 0 aromatic rings. The Balaban J connectivity index is 0. The van der Waals surface area contributed by atoms with Crippen molar-refractivity contribution >= 4 is 0 Å². The van der Waals surface area contributed by atoms with Crippen LogP contribution in [0.3, 0.4) is 0 Å². The summed E-state index contributed by atoms with van der Waals surface area (Å²) in [5.74, 6) is 0. The maximum Gasteiger partial charge on any atom is 1.00 e. The van der Waals surface area contributed by atoms with E-state index in [-0.39, 0.29) is 24.5 Å². The zero-order chi connectivity index (χ0) is 6.62. The van der Waals surface area contributed by atoms with Gasteiger partial charge in [-0.3, -0.25) is 0 Å². The average molecular weight is 122 g/mol. The second kappa shape index (κ2) is 5.35. The second-order valence-electron chi connectivity index (χ2n) is 2.81. The molecule has 0 saturated heterocycles. The van der Waals surface area contributed by atoms with E-state index in [9.17, 15) is 0 Å². The molecule has 0 saturated carbocycles. The topological polar surface area (TPSA) is 9.23 Å². The SMILES string of the molecule is CC[CH-]OC(C)(C)C.[Li+]. The Labute approximate surface area is 70.3 Å². The summed E-state index contributed by atoms with van der Waals surface area (Å²) in [5, 5.41) is 0. The van der Waals surface area contributed by atoms with Crippen molar-refractivity contribution in [3.8, 4) is 0 Å². The van der Waals surface area contributed by atoms with Gasteiger partial charge in [-0.25, -0.2) is 6.61 Å². The number of ether oxygens (including phenoxy) is 1. The minimum absolute atomic E-state index is 0. The van der Waals surface area contributed by atoms with E-state index < -0.39 is 0 Å². The summed E-state index contributed by atoms with van der Waals surface area (Å²) < 4.78 is 5.25. The molecule has 0 rings (SSSR count). The maximum atomic E-state index is 5.25. The average Bonchev–Trinajstić information content (AvgIpc) is 1.59. The van der Waals surface area contributed by atoms with Crippen molar-refractivity contribution in [1.82, 2.24) is 0 Å². The molecule has 1 nitrogen and oxygen atoms in total. The van der Waals surface area contributed by atoms with Crippen LogP contribution in [0, 0.1) is 6.61 Å². The van der Waals surface area contributed by atoms with Crippen LogP contribution < -0.4 is 18.9 Å². The summed E-state index contributed by atoms with van der Waals surface area (Å²) in [7, 11) is 0. The van der Waals surface area contributed by atoms with Crippen molar-refractivity contribution in [3.05, 3.63) is 6.61 Å². The number of rotatable bonds is 2. The third-order valence-corrected chi connectivity index (χ3v) is 0.604. The Morgan fingerprint density at radius 1 is 1.33 bits per heavy atom. The van der Waals surface area contributed by atoms with E-state index in [0.717, 1.165) is 6.42 Å². The molecule has 0 aromatic heterocycles. The predicted octanol–water partition coefficient (Wildman–Crippen LogP) is -0.623. The van der Waals surface area contributed by atoms with Gasteiger partial charge in [-0.2, -0.15) is 6.42 Å². The summed E-state index contributed by atoms with van der Waals surface area (Å²) in [5.41, 5.74) is -0.00396. The van der Waals surface area contributed by atoms with E-state index in [1.165, 1.54) is 0 Å². The van der Waals surface area contributed by atoms with E-state index >= 15 is 0 Å². The predicted molar refractivity (Wildman–Crippen MR) is 35.4 cm³/mol. The number of hydrogen-bond acceptors (Lipinski definition) is 1. The van der Waals surface area contributed by atoms with Crippen LogP contribution in [0.5, 0.6) is 0 Å². The molecule has 0 bridgehead atoms. The van der Waals surface area contributed by atoms with Crippen LogP contribution in [0.25, 0.3) is 0 Å². The summed E-state index contributed by atoms with van der Waals surface area (Å²) >= 11 is 0. The van der Waals surface area contributed by atoms with Crippen LogP contribution in [0.1, 0.15) is 34.1 Å². The summed E-state index contributed by atoms with van der Waals surface area (Å²) in [4.78, 5) is 0. The largest absolute Gasteiger partial charge is 1.00 e. The molecule has 2 heteroatoms. The van der Waals surface area contributed by atoms with Crippen molar-refractivity contribution in [1.29, 1.82) is 0 Å². The van der Waals surface area contributed by atoms with Crippen molar-refractivity contribution in [2.75, 3.05) is 0 Å². The molecule has 0 aromatic carbocycles. The Hall–Kier alpha value is 0.557. The van der Waals surface area contributed by atoms with Crippen molar-refractivity contribution < 1.29 is 23.6 Å². The minimum atomic E-state index is -0.00396. The first-order valence-corrected chi connectivity index (χ1v) is 3.06. The minimum Gasteiger partial charge on any atom is -0.548 e. The number of hydrogen-bond donors (Lipinski definition) is 0. The Kier molecular flexibility index (Phi) is 7.29. The molecule has 0 spiro atoms. The van der Waals surface area contributed by atoms with Crippen LogP contribution in [0.15, 0.2) is 0 Å². The summed E-state index contributed by atoms with van der Waals surface area (Å²) in [6.45, 7) is 10.0. The molecule has 0 N–H and O–H groups in total. The van der Waals surface area contributed by atoms with Gasteiger partial charge in [0.05, 0.1) is 0 Å². The van der Waals surface area contributed by atoms with Crippen molar-refractivity contribution in [2.45, 2.75) is 39.7 Å². The molecule has 0 amide bonds. The Morgan fingerprint density at radius 2 is 1.78 bits per heavy atom. The third kappa shape index (κ3) is 11.9. The fourth-order valence-corrected chi connectivity index (χ4v) is 0.333. The fraction of sp³-hybridized carbons (Fsp3) is 0.857. The van der Waals surface area contributed by atoms with E-state index in [1.807, 2.05) is 27.4 Å². The molecule has 0 unspecified atom stereocenters. The van der Waals surface area contributed by atoms with Gasteiger partial charge in [-0.15, -0.1) is 0 Å². The normalized spacial score (nSPS) is 10.7. The van der Waals surface area contributed by atoms with E-state index in [1.54, 1.807) is 0 Å². The zero-order valence-corrected chi connectivity index (χ0v) is 7.19. The summed E-state index contributed by atoms with van der Waals surface area (Å²) in [6, 6.07) is 0. The van der Waals surface area contributed by atoms with Gasteiger partial charge in [0.25, 0.3) is 0 Å². The maximum absolute atomic E-state index is 5.25. The molecule has 0 aliphatic heterocycles. The first-order valence-electron chi connectivity index (χ1n) is 3.06. The quantitative estimate of drug-likeness (QED) is 0.350. The van der Waals surface area contributed by atoms with Gasteiger partial charge in [-0.05, 0) is 20.8 Å². The molecule has 0 atom stereocenters. The monoisotopic (exact) mass is 122 g/mol. The fourth-order valence-electron chi connectivity index (χ4n) is 0.333. The van der Waals surface area contributed by atoms with Gasteiger partial charge in [0.1, 0.15) is 0 Å². The molecular formula is C7H15LiO. The third-order valence-electron chi connectivity index (χ3n) is 0.604. The van der Waals surface area contributed by atoms with E-state index in [4.69, 9.17) is 4.74 Å². The molecule has 0 fully saturated rings. The van der Waals surface area contributed by atoms with Crippen molar-refractivity contribution in [3.63, 3.8) is 0 Å². The zero-order valence-electron chi connectivity index (χ0n) is 7.19. The molecule has 0 heterocycles. The summed E-state index contributed by atoms with van der Waals surface area (Å²) in [6.07, 6.45) is 0.983. The Bertz CT molecular complexity index is 56.4. The molecule has 0 aliphatic carbocycles. The van der Waals surface area contributed by atoms with E-state index in [0.29, 0.717) is 0 Å².